The summed E-state index contributed by atoms with van der Waals surface area (Å²) in [5, 5.41) is 3.40. The van der Waals surface area contributed by atoms with Crippen molar-refractivity contribution in [3.8, 4) is 0 Å². The molecule has 1 aromatic heterocycles. The molecule has 0 spiro atoms. The molecule has 0 aliphatic carbocycles. The number of nitrogens with zero attached hydrogens (tertiary/aromatic N) is 2. The Morgan fingerprint density at radius 3 is 2.45 bits per heavy atom. The number of aryl methyl sites for hydroxylation is 1. The average Bonchev–Trinajstić information content (AvgIpc) is 3.16. The first-order valence-electron chi connectivity index (χ1n) is 11.1. The van der Waals surface area contributed by atoms with Crippen LogP contribution in [0, 0.1) is 18.8 Å². The van der Waals surface area contributed by atoms with Gasteiger partial charge in [0.2, 0.25) is 10.0 Å². The lowest BCUT2D eigenvalue weighted by molar-refractivity contribution is 0.0463. The summed E-state index contributed by atoms with van der Waals surface area (Å²) in [6, 6.07) is 6.03. The number of hydrogen-bond donors (Lipinski definition) is 1. The number of ether oxygens (including phenoxy) is 1. The molecule has 0 radical (unpaired) electrons. The van der Waals surface area contributed by atoms with Crippen LogP contribution in [0.4, 0.5) is 5.13 Å². The number of benzene rings is 1. The summed E-state index contributed by atoms with van der Waals surface area (Å²) in [5.74, 6) is 0.148. The van der Waals surface area contributed by atoms with Crippen LogP contribution in [0.5, 0.6) is 0 Å². The number of thiazole rings is 1. The third-order valence-corrected chi connectivity index (χ3v) is 8.49. The highest BCUT2D eigenvalue weighted by Crippen LogP contribution is 2.25. The van der Waals surface area contributed by atoms with Crippen molar-refractivity contribution in [2.45, 2.75) is 45.4 Å². The van der Waals surface area contributed by atoms with Crippen LogP contribution in [0.3, 0.4) is 0 Å². The van der Waals surface area contributed by atoms with Crippen LogP contribution >= 0.6 is 11.3 Å². The van der Waals surface area contributed by atoms with E-state index < -0.39 is 16.0 Å². The molecular formula is C23H31N3O5S2. The monoisotopic (exact) mass is 493 g/mol. The van der Waals surface area contributed by atoms with Gasteiger partial charge in [-0.2, -0.15) is 4.31 Å². The first-order chi connectivity index (χ1) is 15.6. The first kappa shape index (κ1) is 25.3. The summed E-state index contributed by atoms with van der Waals surface area (Å²) in [6.45, 7) is 9.12. The highest BCUT2D eigenvalue weighted by atomic mass is 32.2. The number of Topliss-reactive ketones (excluding diaryl/α,β-unsaturated/α-hetero) is 1. The number of carbonyl (C=O) groups is 2. The molecule has 0 unspecified atom stereocenters. The Hall–Kier alpha value is -2.30. The van der Waals surface area contributed by atoms with Gasteiger partial charge in [-0.3, -0.25) is 4.79 Å². The minimum Gasteiger partial charge on any atom is -0.461 e. The van der Waals surface area contributed by atoms with Crippen LogP contribution in [0.25, 0.3) is 0 Å². The van der Waals surface area contributed by atoms with Gasteiger partial charge in [-0.05, 0) is 55.9 Å². The Bertz CT molecular complexity index is 1090. The first-order valence-corrected chi connectivity index (χ1v) is 13.4. The van der Waals surface area contributed by atoms with Crippen molar-refractivity contribution in [1.29, 1.82) is 0 Å². The number of carbonyl (C=O) groups excluding carboxylic acids is 2. The van der Waals surface area contributed by atoms with E-state index in [0.29, 0.717) is 46.9 Å². The number of piperidine rings is 1. The van der Waals surface area contributed by atoms with Crippen LogP contribution in [0.1, 0.15) is 59.3 Å². The molecule has 2 aromatic rings. The molecule has 0 bridgehead atoms. The molecular weight excluding hydrogens is 462 g/mol. The summed E-state index contributed by atoms with van der Waals surface area (Å²) in [7, 11) is -3.55. The maximum absolute atomic E-state index is 12.8. The Labute approximate surface area is 199 Å². The Morgan fingerprint density at radius 2 is 1.85 bits per heavy atom. The van der Waals surface area contributed by atoms with Gasteiger partial charge in [0.25, 0.3) is 0 Å². The van der Waals surface area contributed by atoms with Gasteiger partial charge in [0.15, 0.2) is 10.9 Å². The van der Waals surface area contributed by atoms with Gasteiger partial charge in [-0.1, -0.05) is 32.1 Å². The maximum atomic E-state index is 12.8. The van der Waals surface area contributed by atoms with Crippen molar-refractivity contribution in [2.24, 2.45) is 11.8 Å². The van der Waals surface area contributed by atoms with Gasteiger partial charge in [-0.25, -0.2) is 18.2 Å². The van der Waals surface area contributed by atoms with Crippen LogP contribution < -0.4 is 5.32 Å². The zero-order valence-electron chi connectivity index (χ0n) is 19.5. The summed E-state index contributed by atoms with van der Waals surface area (Å²) >= 11 is 1.14. The van der Waals surface area contributed by atoms with Gasteiger partial charge in [0.05, 0.1) is 23.7 Å². The minimum absolute atomic E-state index is 0.0243. The number of aromatic nitrogens is 1. The fraction of sp³-hybridized carbons (Fsp3) is 0.522. The van der Waals surface area contributed by atoms with Crippen molar-refractivity contribution < 1.29 is 22.7 Å². The fourth-order valence-corrected chi connectivity index (χ4v) is 5.74. The number of esters is 1. The molecule has 10 heteroatoms. The van der Waals surface area contributed by atoms with Gasteiger partial charge < -0.3 is 10.1 Å². The molecule has 1 aliphatic heterocycles. The third kappa shape index (κ3) is 6.39. The number of sulfonamides is 1. The molecule has 2 heterocycles. The van der Waals surface area contributed by atoms with Crippen LogP contribution in [0.2, 0.25) is 0 Å². The summed E-state index contributed by atoms with van der Waals surface area (Å²) in [5.41, 5.74) is 0.948. The molecule has 1 aliphatic rings. The molecule has 1 N–H and O–H groups in total. The number of hydrogen-bond acceptors (Lipinski definition) is 8. The molecule has 1 saturated heterocycles. The number of rotatable bonds is 9. The topological polar surface area (TPSA) is 106 Å². The SMILES string of the molecule is Cc1nc(NCC(=O)c2ccc(S(=O)(=O)N3CCC(C)CC3)cc2)sc1C(=O)OCC(C)C. The Kier molecular flexibility index (Phi) is 8.25. The number of anilines is 1. The maximum Gasteiger partial charge on any atom is 0.350 e. The quantitative estimate of drug-likeness (QED) is 0.416. The molecule has 0 atom stereocenters. The predicted octanol–water partition coefficient (Wildman–Crippen LogP) is 3.98. The molecule has 1 aromatic carbocycles. The Balaban J connectivity index is 1.59. The second-order valence-corrected chi connectivity index (χ2v) is 11.8. The standard InChI is InChI=1S/C23H31N3O5S2/c1-15(2)14-31-22(28)21-17(4)25-23(32-21)24-13-20(27)18-5-7-19(8-6-18)33(29,30)26-11-9-16(3)10-12-26/h5-8,15-16H,9-14H2,1-4H3,(H,24,25). The predicted molar refractivity (Wildman–Crippen MR) is 128 cm³/mol. The zero-order valence-corrected chi connectivity index (χ0v) is 21.1. The van der Waals surface area contributed by atoms with Crippen molar-refractivity contribution in [3.05, 3.63) is 40.4 Å². The van der Waals surface area contributed by atoms with E-state index in [9.17, 15) is 18.0 Å². The second kappa shape index (κ2) is 10.8. The molecule has 33 heavy (non-hydrogen) atoms. The second-order valence-electron chi connectivity index (χ2n) is 8.81. The van der Waals surface area contributed by atoms with E-state index in [1.54, 1.807) is 6.92 Å². The molecule has 0 saturated carbocycles. The molecule has 180 valence electrons. The highest BCUT2D eigenvalue weighted by molar-refractivity contribution is 7.89. The van der Waals surface area contributed by atoms with Crippen LogP contribution in [-0.2, 0) is 14.8 Å². The zero-order chi connectivity index (χ0) is 24.2. The van der Waals surface area contributed by atoms with Gasteiger partial charge >= 0.3 is 5.97 Å². The van der Waals surface area contributed by atoms with E-state index in [4.69, 9.17) is 4.74 Å². The van der Waals surface area contributed by atoms with Gasteiger partial charge in [0, 0.05) is 18.7 Å². The van der Waals surface area contributed by atoms with Crippen molar-refractivity contribution in [3.63, 3.8) is 0 Å². The number of ketones is 1. The Morgan fingerprint density at radius 1 is 1.21 bits per heavy atom. The largest absolute Gasteiger partial charge is 0.461 e. The third-order valence-electron chi connectivity index (χ3n) is 5.49. The van der Waals surface area contributed by atoms with Gasteiger partial charge in [0.1, 0.15) is 4.88 Å². The van der Waals surface area contributed by atoms with Crippen LogP contribution in [0.15, 0.2) is 29.2 Å². The summed E-state index contributed by atoms with van der Waals surface area (Å²) in [6.07, 6.45) is 1.71. The van der Waals surface area contributed by atoms with E-state index in [1.165, 1.54) is 28.6 Å². The molecule has 0 amide bonds. The van der Waals surface area contributed by atoms with E-state index >= 15 is 0 Å². The lowest BCUT2D eigenvalue weighted by Gasteiger charge is -2.29. The van der Waals surface area contributed by atoms with E-state index in [-0.39, 0.29) is 23.1 Å². The summed E-state index contributed by atoms with van der Waals surface area (Å²) in [4.78, 5) is 29.7. The van der Waals surface area contributed by atoms with Gasteiger partial charge in [-0.15, -0.1) is 0 Å². The lowest BCUT2D eigenvalue weighted by Crippen LogP contribution is -2.37. The van der Waals surface area contributed by atoms with Crippen molar-refractivity contribution in [1.82, 2.24) is 9.29 Å². The van der Waals surface area contributed by atoms with Crippen molar-refractivity contribution >= 4 is 38.2 Å². The van der Waals surface area contributed by atoms with Crippen LogP contribution in [-0.4, -0.2) is 55.7 Å². The highest BCUT2D eigenvalue weighted by Gasteiger charge is 2.28. The smallest absolute Gasteiger partial charge is 0.350 e. The molecule has 8 nitrogen and oxygen atoms in total. The van der Waals surface area contributed by atoms with E-state index in [1.807, 2.05) is 13.8 Å². The van der Waals surface area contributed by atoms with E-state index in [2.05, 4.69) is 17.2 Å². The van der Waals surface area contributed by atoms with E-state index in [0.717, 1.165) is 24.2 Å². The number of nitrogens with one attached hydrogen (secondary N) is 1. The summed E-state index contributed by atoms with van der Waals surface area (Å²) < 4.78 is 32.4. The molecule has 1 fully saturated rings. The van der Waals surface area contributed by atoms with Crippen molar-refractivity contribution in [2.75, 3.05) is 31.6 Å². The lowest BCUT2D eigenvalue weighted by atomic mass is 10.0. The minimum atomic E-state index is -3.55. The fourth-order valence-electron chi connectivity index (χ4n) is 3.41. The average molecular weight is 494 g/mol. The normalized spacial score (nSPS) is 15.5. The molecule has 3 rings (SSSR count).